The van der Waals surface area contributed by atoms with Crippen LogP contribution in [0.5, 0.6) is 0 Å². The third-order valence-corrected chi connectivity index (χ3v) is 5.67. The molecule has 6 nitrogen and oxygen atoms in total. The molecule has 2 saturated heterocycles. The SMILES string of the molecule is CC(C)N1CCN(CCC(=O)OC(C)(C)N2CCN(CC(F)(F)F)CC2)CC1. The highest BCUT2D eigenvalue weighted by Crippen LogP contribution is 2.22. The molecule has 0 bridgehead atoms. The summed E-state index contributed by atoms with van der Waals surface area (Å²) >= 11 is 0. The lowest BCUT2D eigenvalue weighted by molar-refractivity contribution is -0.184. The van der Waals surface area contributed by atoms with E-state index in [1.54, 1.807) is 0 Å². The fraction of sp³-hybridized carbons (Fsp3) is 0.947. The molecule has 28 heavy (non-hydrogen) atoms. The lowest BCUT2D eigenvalue weighted by Gasteiger charge is -2.43. The maximum atomic E-state index is 12.5. The van der Waals surface area contributed by atoms with Gasteiger partial charge in [0.05, 0.1) is 13.0 Å². The van der Waals surface area contributed by atoms with Crippen molar-refractivity contribution in [1.29, 1.82) is 0 Å². The van der Waals surface area contributed by atoms with E-state index in [-0.39, 0.29) is 5.97 Å². The zero-order chi connectivity index (χ0) is 20.9. The van der Waals surface area contributed by atoms with Gasteiger partial charge in [0.1, 0.15) is 0 Å². The number of halogens is 3. The average molecular weight is 409 g/mol. The van der Waals surface area contributed by atoms with E-state index in [9.17, 15) is 18.0 Å². The summed E-state index contributed by atoms with van der Waals surface area (Å²) in [5.41, 5.74) is -0.808. The van der Waals surface area contributed by atoms with Crippen molar-refractivity contribution in [2.24, 2.45) is 0 Å². The summed E-state index contributed by atoms with van der Waals surface area (Å²) < 4.78 is 43.2. The molecule has 2 aliphatic heterocycles. The van der Waals surface area contributed by atoms with Crippen molar-refractivity contribution in [3.8, 4) is 0 Å². The zero-order valence-electron chi connectivity index (χ0n) is 17.6. The minimum atomic E-state index is -4.18. The smallest absolute Gasteiger partial charge is 0.401 e. The predicted octanol–water partition coefficient (Wildman–Crippen LogP) is 1.86. The van der Waals surface area contributed by atoms with Gasteiger partial charge in [-0.3, -0.25) is 19.5 Å². The van der Waals surface area contributed by atoms with Gasteiger partial charge in [0.2, 0.25) is 0 Å². The van der Waals surface area contributed by atoms with Crippen LogP contribution in [0.2, 0.25) is 0 Å². The van der Waals surface area contributed by atoms with Crippen LogP contribution in [-0.2, 0) is 9.53 Å². The van der Waals surface area contributed by atoms with Crippen molar-refractivity contribution in [1.82, 2.24) is 19.6 Å². The van der Waals surface area contributed by atoms with E-state index >= 15 is 0 Å². The largest absolute Gasteiger partial charge is 0.444 e. The van der Waals surface area contributed by atoms with Gasteiger partial charge in [-0.15, -0.1) is 0 Å². The standard InChI is InChI=1S/C19H35F3N4O2/c1-16(2)25-11-7-23(8-12-25)6-5-17(27)28-18(3,4)26-13-9-24(10-14-26)15-19(20,21)22/h16H,5-15H2,1-4H3. The van der Waals surface area contributed by atoms with Crippen LogP contribution in [0.15, 0.2) is 0 Å². The highest BCUT2D eigenvalue weighted by atomic mass is 19.4. The summed E-state index contributed by atoms with van der Waals surface area (Å²) in [5.74, 6) is -0.256. The van der Waals surface area contributed by atoms with Crippen LogP contribution >= 0.6 is 0 Å². The number of esters is 1. The Balaban J connectivity index is 1.70. The topological polar surface area (TPSA) is 39.3 Å². The van der Waals surface area contributed by atoms with Crippen LogP contribution in [0, 0.1) is 0 Å². The van der Waals surface area contributed by atoms with E-state index in [2.05, 4.69) is 23.6 Å². The van der Waals surface area contributed by atoms with Gasteiger partial charge in [-0.1, -0.05) is 0 Å². The van der Waals surface area contributed by atoms with Crippen LogP contribution in [0.1, 0.15) is 34.1 Å². The Hall–Kier alpha value is -0.900. The minimum Gasteiger partial charge on any atom is -0.444 e. The Labute approximate surface area is 166 Å². The Morgan fingerprint density at radius 2 is 1.46 bits per heavy atom. The van der Waals surface area contributed by atoms with E-state index in [0.717, 1.165) is 26.2 Å². The van der Waals surface area contributed by atoms with Crippen LogP contribution in [0.25, 0.3) is 0 Å². The molecule has 9 heteroatoms. The molecule has 0 N–H and O–H groups in total. The highest BCUT2D eigenvalue weighted by molar-refractivity contribution is 5.70. The van der Waals surface area contributed by atoms with E-state index < -0.39 is 18.4 Å². The quantitative estimate of drug-likeness (QED) is 0.599. The maximum absolute atomic E-state index is 12.5. The number of alkyl halides is 3. The highest BCUT2D eigenvalue weighted by Gasteiger charge is 2.36. The molecule has 164 valence electrons. The van der Waals surface area contributed by atoms with Crippen LogP contribution in [0.3, 0.4) is 0 Å². The van der Waals surface area contributed by atoms with Crippen molar-refractivity contribution in [3.05, 3.63) is 0 Å². The molecule has 0 spiro atoms. The van der Waals surface area contributed by atoms with E-state index in [1.807, 2.05) is 18.7 Å². The predicted molar refractivity (Wildman–Crippen MR) is 102 cm³/mol. The third kappa shape index (κ3) is 7.50. The van der Waals surface area contributed by atoms with Gasteiger partial charge in [-0.2, -0.15) is 13.2 Å². The molecule has 2 heterocycles. The first-order valence-corrected chi connectivity index (χ1v) is 10.2. The molecule has 0 aromatic rings. The van der Waals surface area contributed by atoms with Crippen molar-refractivity contribution < 1.29 is 22.7 Å². The number of rotatable bonds is 7. The van der Waals surface area contributed by atoms with Gasteiger partial charge in [0, 0.05) is 64.9 Å². The first-order chi connectivity index (χ1) is 13.0. The van der Waals surface area contributed by atoms with E-state index in [1.165, 1.54) is 4.90 Å². The Kier molecular flexibility index (Phi) is 8.13. The molecule has 2 aliphatic rings. The number of nitrogens with zero attached hydrogens (tertiary/aromatic N) is 4. The number of ether oxygens (including phenoxy) is 1. The summed E-state index contributed by atoms with van der Waals surface area (Å²) in [6.45, 7) is 13.3. The van der Waals surface area contributed by atoms with E-state index in [0.29, 0.717) is 45.2 Å². The fourth-order valence-electron chi connectivity index (χ4n) is 3.84. The monoisotopic (exact) mass is 408 g/mol. The average Bonchev–Trinajstić information content (AvgIpc) is 2.59. The Morgan fingerprint density at radius 1 is 0.929 bits per heavy atom. The van der Waals surface area contributed by atoms with Crippen molar-refractivity contribution in [2.75, 3.05) is 65.4 Å². The number of hydrogen-bond donors (Lipinski definition) is 0. The molecular weight excluding hydrogens is 373 g/mol. The second kappa shape index (κ2) is 9.73. The molecule has 2 rings (SSSR count). The van der Waals surface area contributed by atoms with Gasteiger partial charge in [0.25, 0.3) is 0 Å². The summed E-state index contributed by atoms with van der Waals surface area (Å²) in [4.78, 5) is 20.4. The third-order valence-electron chi connectivity index (χ3n) is 5.67. The minimum absolute atomic E-state index is 0.256. The molecule has 0 aromatic carbocycles. The molecule has 0 aliphatic carbocycles. The lowest BCUT2D eigenvalue weighted by atomic mass is 10.2. The van der Waals surface area contributed by atoms with E-state index in [4.69, 9.17) is 4.74 Å². The summed E-state index contributed by atoms with van der Waals surface area (Å²) in [6, 6.07) is 0.546. The molecular formula is C19H35F3N4O2. The Bertz CT molecular complexity index is 498. The summed E-state index contributed by atoms with van der Waals surface area (Å²) in [7, 11) is 0. The first kappa shape index (κ1) is 23.4. The number of carbonyl (C=O) groups excluding carboxylic acids is 1. The first-order valence-electron chi connectivity index (χ1n) is 10.2. The van der Waals surface area contributed by atoms with Gasteiger partial charge < -0.3 is 9.64 Å². The molecule has 2 fully saturated rings. The Morgan fingerprint density at radius 3 is 1.96 bits per heavy atom. The molecule has 0 unspecified atom stereocenters. The van der Waals surface area contributed by atoms with Gasteiger partial charge >= 0.3 is 12.1 Å². The molecule has 0 aromatic heterocycles. The summed E-state index contributed by atoms with van der Waals surface area (Å²) in [6.07, 6.45) is -3.84. The van der Waals surface area contributed by atoms with Crippen LogP contribution in [0.4, 0.5) is 13.2 Å². The van der Waals surface area contributed by atoms with Crippen molar-refractivity contribution in [3.63, 3.8) is 0 Å². The number of carbonyl (C=O) groups is 1. The van der Waals surface area contributed by atoms with Gasteiger partial charge in [-0.05, 0) is 27.7 Å². The molecule has 0 saturated carbocycles. The zero-order valence-corrected chi connectivity index (χ0v) is 17.6. The van der Waals surface area contributed by atoms with Crippen LogP contribution < -0.4 is 0 Å². The second-order valence-electron chi connectivity index (χ2n) is 8.52. The van der Waals surface area contributed by atoms with Crippen molar-refractivity contribution in [2.45, 2.75) is 52.1 Å². The van der Waals surface area contributed by atoms with Crippen LogP contribution in [-0.4, -0.2) is 109 Å². The normalized spacial score (nSPS) is 22.0. The molecule has 0 radical (unpaired) electrons. The summed E-state index contributed by atoms with van der Waals surface area (Å²) in [5, 5.41) is 0. The van der Waals surface area contributed by atoms with Gasteiger partial charge in [-0.25, -0.2) is 0 Å². The van der Waals surface area contributed by atoms with Gasteiger partial charge in [0.15, 0.2) is 5.72 Å². The number of hydrogen-bond acceptors (Lipinski definition) is 6. The maximum Gasteiger partial charge on any atom is 0.401 e. The van der Waals surface area contributed by atoms with Crippen molar-refractivity contribution >= 4 is 5.97 Å². The molecule has 0 atom stereocenters. The molecule has 0 amide bonds. The fourth-order valence-corrected chi connectivity index (χ4v) is 3.84. The number of piperazine rings is 2. The second-order valence-corrected chi connectivity index (χ2v) is 8.52. The lowest BCUT2D eigenvalue weighted by Crippen LogP contribution is -2.57.